The van der Waals surface area contributed by atoms with Crippen molar-refractivity contribution in [3.8, 4) is 11.5 Å². The highest BCUT2D eigenvalue weighted by Crippen LogP contribution is 2.39. The van der Waals surface area contributed by atoms with Gasteiger partial charge < -0.3 is 14.8 Å². The molecule has 1 heterocycles. The first-order valence-corrected chi connectivity index (χ1v) is 11.1. The Bertz CT molecular complexity index is 987. The van der Waals surface area contributed by atoms with Crippen LogP contribution >= 0.6 is 23.4 Å². The smallest absolute Gasteiger partial charge is 0.264 e. The largest absolute Gasteiger partial charge is 0.490 e. The molecule has 0 bridgehead atoms. The van der Waals surface area contributed by atoms with Gasteiger partial charge in [-0.05, 0) is 74.9 Å². The van der Waals surface area contributed by atoms with E-state index in [1.165, 1.54) is 11.8 Å². The maximum Gasteiger partial charge on any atom is 0.264 e. The summed E-state index contributed by atoms with van der Waals surface area (Å²) in [7, 11) is 0. The van der Waals surface area contributed by atoms with Crippen molar-refractivity contribution in [3.63, 3.8) is 0 Å². The summed E-state index contributed by atoms with van der Waals surface area (Å²) in [5.74, 6) is 0.897. The summed E-state index contributed by atoms with van der Waals surface area (Å²) in [5, 5.41) is 3.80. The van der Waals surface area contributed by atoms with E-state index in [0.29, 0.717) is 33.2 Å². The number of hydrogen-bond acceptors (Lipinski definition) is 5. The third-order valence-electron chi connectivity index (χ3n) is 4.44. The monoisotopic (exact) mass is 444 g/mol. The summed E-state index contributed by atoms with van der Waals surface area (Å²) in [6.07, 6.45) is 2.65. The molecule has 1 atom stereocenters. The summed E-state index contributed by atoms with van der Waals surface area (Å²) in [5.41, 5.74) is 2.71. The van der Waals surface area contributed by atoms with Gasteiger partial charge in [-0.1, -0.05) is 36.2 Å². The van der Waals surface area contributed by atoms with Crippen molar-refractivity contribution >= 4 is 46.2 Å². The first-order valence-electron chi connectivity index (χ1n) is 9.88. The molecule has 2 aromatic carbocycles. The Hall–Kier alpha value is -2.44. The summed E-state index contributed by atoms with van der Waals surface area (Å²) < 4.78 is 11.7. The lowest BCUT2D eigenvalue weighted by Gasteiger charge is -2.18. The van der Waals surface area contributed by atoms with Crippen molar-refractivity contribution in [3.05, 3.63) is 57.5 Å². The van der Waals surface area contributed by atoms with E-state index in [2.05, 4.69) is 10.3 Å². The maximum atomic E-state index is 12.4. The quantitative estimate of drug-likeness (QED) is 0.523. The van der Waals surface area contributed by atoms with Gasteiger partial charge in [-0.25, -0.2) is 4.99 Å². The van der Waals surface area contributed by atoms with Gasteiger partial charge in [0.25, 0.3) is 5.91 Å². The number of thioether (sulfide) groups is 1. The Balaban J connectivity index is 1.86. The van der Waals surface area contributed by atoms with Crippen LogP contribution in [0.15, 0.2) is 46.3 Å². The number of nitrogens with one attached hydrogen (secondary N) is 1. The van der Waals surface area contributed by atoms with Crippen LogP contribution in [0.2, 0.25) is 5.02 Å². The standard InChI is InChI=1S/C23H25ClN2O3S/c1-5-15(4)29-21-18(24)11-16(12-19(21)28-6-2)13-20-22(27)26-23(30-20)25-17-9-7-14(3)8-10-17/h7-13,15H,5-6H2,1-4H3,(H,25,26,27)/b20-13+/t15-/m0/s1. The van der Waals surface area contributed by atoms with E-state index in [1.807, 2.05) is 58.0 Å². The number of nitrogens with zero attached hydrogens (tertiary/aromatic N) is 1. The summed E-state index contributed by atoms with van der Waals surface area (Å²) in [4.78, 5) is 17.4. The van der Waals surface area contributed by atoms with Gasteiger partial charge in [-0.15, -0.1) is 0 Å². The third kappa shape index (κ3) is 5.58. The van der Waals surface area contributed by atoms with Gasteiger partial charge >= 0.3 is 0 Å². The van der Waals surface area contributed by atoms with Crippen LogP contribution in [0.3, 0.4) is 0 Å². The van der Waals surface area contributed by atoms with E-state index in [1.54, 1.807) is 12.1 Å². The minimum absolute atomic E-state index is 0.0163. The number of ether oxygens (including phenoxy) is 2. The summed E-state index contributed by atoms with van der Waals surface area (Å²) in [6, 6.07) is 11.4. The Kier molecular flexibility index (Phi) is 7.45. The van der Waals surface area contributed by atoms with Crippen LogP contribution in [0.5, 0.6) is 11.5 Å². The fraction of sp³-hybridized carbons (Fsp3) is 0.304. The topological polar surface area (TPSA) is 59.9 Å². The van der Waals surface area contributed by atoms with E-state index >= 15 is 0 Å². The Morgan fingerprint density at radius 3 is 2.63 bits per heavy atom. The molecular weight excluding hydrogens is 420 g/mol. The third-order valence-corrected chi connectivity index (χ3v) is 5.63. The first-order chi connectivity index (χ1) is 14.4. The Labute approximate surface area is 186 Å². The fourth-order valence-corrected chi connectivity index (χ4v) is 3.81. The molecule has 1 amide bonds. The van der Waals surface area contributed by atoms with Gasteiger partial charge in [0.2, 0.25) is 0 Å². The van der Waals surface area contributed by atoms with Crippen LogP contribution in [-0.4, -0.2) is 23.8 Å². The molecule has 5 nitrogen and oxygen atoms in total. The number of halogens is 1. The van der Waals surface area contributed by atoms with Gasteiger partial charge in [-0.2, -0.15) is 0 Å². The van der Waals surface area contributed by atoms with Crippen molar-refractivity contribution < 1.29 is 14.3 Å². The van der Waals surface area contributed by atoms with E-state index in [0.717, 1.165) is 23.2 Å². The number of amides is 1. The minimum atomic E-state index is -0.195. The molecule has 0 unspecified atom stereocenters. The number of benzene rings is 2. The molecule has 0 spiro atoms. The molecule has 3 rings (SSSR count). The molecule has 7 heteroatoms. The predicted octanol–water partition coefficient (Wildman–Crippen LogP) is 6.12. The molecule has 2 aromatic rings. The van der Waals surface area contributed by atoms with Gasteiger partial charge in [0.15, 0.2) is 16.7 Å². The van der Waals surface area contributed by atoms with Gasteiger partial charge in [0.05, 0.1) is 28.3 Å². The molecule has 1 N–H and O–H groups in total. The molecule has 0 aromatic heterocycles. The number of aliphatic imine (C=N–C) groups is 1. The molecule has 0 aliphatic carbocycles. The minimum Gasteiger partial charge on any atom is -0.490 e. The van der Waals surface area contributed by atoms with Gasteiger partial charge in [-0.3, -0.25) is 4.79 Å². The van der Waals surface area contributed by atoms with Crippen LogP contribution in [0.4, 0.5) is 5.69 Å². The lowest BCUT2D eigenvalue weighted by molar-refractivity contribution is -0.115. The average molecular weight is 445 g/mol. The Morgan fingerprint density at radius 1 is 1.23 bits per heavy atom. The second-order valence-corrected chi connectivity index (χ2v) is 8.35. The van der Waals surface area contributed by atoms with E-state index < -0.39 is 0 Å². The van der Waals surface area contributed by atoms with Crippen LogP contribution in [-0.2, 0) is 4.79 Å². The van der Waals surface area contributed by atoms with E-state index in [9.17, 15) is 4.79 Å². The number of rotatable bonds is 7. The number of amidine groups is 1. The molecule has 0 radical (unpaired) electrons. The first kappa shape index (κ1) is 22.2. The molecule has 1 fully saturated rings. The number of aryl methyl sites for hydroxylation is 1. The van der Waals surface area contributed by atoms with Gasteiger partial charge in [0, 0.05) is 0 Å². The van der Waals surface area contributed by atoms with Crippen molar-refractivity contribution in [2.45, 2.75) is 40.2 Å². The van der Waals surface area contributed by atoms with Crippen LogP contribution in [0.1, 0.15) is 38.3 Å². The van der Waals surface area contributed by atoms with E-state index in [4.69, 9.17) is 21.1 Å². The number of carbonyl (C=O) groups is 1. The average Bonchev–Trinajstić information content (AvgIpc) is 3.05. The second kappa shape index (κ2) is 10.0. The molecule has 0 saturated carbocycles. The van der Waals surface area contributed by atoms with Crippen LogP contribution in [0.25, 0.3) is 6.08 Å². The normalized spacial score (nSPS) is 17.3. The molecule has 158 valence electrons. The highest BCUT2D eigenvalue weighted by molar-refractivity contribution is 8.18. The van der Waals surface area contributed by atoms with Crippen molar-refractivity contribution in [1.29, 1.82) is 0 Å². The molecule has 1 aliphatic rings. The number of hydrogen-bond donors (Lipinski definition) is 1. The molecular formula is C23H25ClN2O3S. The number of carbonyl (C=O) groups excluding carboxylic acids is 1. The maximum absolute atomic E-state index is 12.4. The molecule has 1 saturated heterocycles. The zero-order valence-electron chi connectivity index (χ0n) is 17.5. The second-order valence-electron chi connectivity index (χ2n) is 6.92. The highest BCUT2D eigenvalue weighted by atomic mass is 35.5. The Morgan fingerprint density at radius 2 is 1.97 bits per heavy atom. The fourth-order valence-electron chi connectivity index (χ4n) is 2.70. The highest BCUT2D eigenvalue weighted by Gasteiger charge is 2.24. The zero-order valence-corrected chi connectivity index (χ0v) is 19.1. The summed E-state index contributed by atoms with van der Waals surface area (Å²) >= 11 is 7.77. The van der Waals surface area contributed by atoms with Crippen molar-refractivity contribution in [1.82, 2.24) is 5.32 Å². The lowest BCUT2D eigenvalue weighted by atomic mass is 10.1. The summed E-state index contributed by atoms with van der Waals surface area (Å²) in [6.45, 7) is 8.43. The van der Waals surface area contributed by atoms with Crippen molar-refractivity contribution in [2.24, 2.45) is 4.99 Å². The molecule has 1 aliphatic heterocycles. The van der Waals surface area contributed by atoms with Crippen LogP contribution in [0, 0.1) is 6.92 Å². The molecule has 30 heavy (non-hydrogen) atoms. The van der Waals surface area contributed by atoms with Crippen LogP contribution < -0.4 is 14.8 Å². The van der Waals surface area contributed by atoms with E-state index in [-0.39, 0.29) is 12.0 Å². The van der Waals surface area contributed by atoms with Crippen molar-refractivity contribution in [2.75, 3.05) is 6.61 Å². The lowest BCUT2D eigenvalue weighted by Crippen LogP contribution is -2.19. The van der Waals surface area contributed by atoms with Gasteiger partial charge in [0.1, 0.15) is 0 Å². The zero-order chi connectivity index (χ0) is 21.7. The SMILES string of the molecule is CCOc1cc(/C=C2/SC(=Nc3ccc(C)cc3)NC2=O)cc(Cl)c1O[C@@H](C)CC. The predicted molar refractivity (Wildman–Crippen MR) is 125 cm³/mol.